The molecule has 1 atom stereocenters. The van der Waals surface area contributed by atoms with Crippen molar-refractivity contribution in [1.29, 1.82) is 0 Å². The van der Waals surface area contributed by atoms with Crippen molar-refractivity contribution in [2.45, 2.75) is 18.9 Å². The van der Waals surface area contributed by atoms with E-state index >= 15 is 0 Å². The SMILES string of the molecule is NC(=O)c1ccc(C(=O)N2CCC[C@H]2C(=O)O)nc1. The van der Waals surface area contributed by atoms with E-state index in [9.17, 15) is 14.4 Å². The van der Waals surface area contributed by atoms with Crippen LogP contribution in [0.3, 0.4) is 0 Å². The number of carbonyl (C=O) groups excluding carboxylic acids is 2. The van der Waals surface area contributed by atoms with Gasteiger partial charge >= 0.3 is 5.97 Å². The van der Waals surface area contributed by atoms with Crippen molar-refractivity contribution in [3.8, 4) is 0 Å². The van der Waals surface area contributed by atoms with Crippen molar-refractivity contribution in [3.05, 3.63) is 29.6 Å². The average Bonchev–Trinajstić information content (AvgIpc) is 2.87. The molecule has 2 rings (SSSR count). The van der Waals surface area contributed by atoms with Crippen LogP contribution in [-0.4, -0.2) is 45.4 Å². The van der Waals surface area contributed by atoms with Crippen LogP contribution in [0.25, 0.3) is 0 Å². The molecule has 7 nitrogen and oxygen atoms in total. The molecule has 7 heteroatoms. The lowest BCUT2D eigenvalue weighted by Crippen LogP contribution is -2.40. The number of likely N-dealkylation sites (tertiary alicyclic amines) is 1. The fourth-order valence-electron chi connectivity index (χ4n) is 2.08. The van der Waals surface area contributed by atoms with Crippen LogP contribution in [0.15, 0.2) is 18.3 Å². The normalized spacial score (nSPS) is 18.3. The molecule has 1 aromatic heterocycles. The van der Waals surface area contributed by atoms with Gasteiger partial charge in [0.25, 0.3) is 5.91 Å². The molecule has 0 aliphatic carbocycles. The monoisotopic (exact) mass is 263 g/mol. The van der Waals surface area contributed by atoms with Crippen molar-refractivity contribution in [1.82, 2.24) is 9.88 Å². The summed E-state index contributed by atoms with van der Waals surface area (Å²) in [7, 11) is 0. The van der Waals surface area contributed by atoms with Crippen LogP contribution in [0.5, 0.6) is 0 Å². The van der Waals surface area contributed by atoms with E-state index in [2.05, 4.69) is 4.98 Å². The molecule has 0 unspecified atom stereocenters. The number of rotatable bonds is 3. The molecule has 0 bridgehead atoms. The number of hydrogen-bond donors (Lipinski definition) is 2. The number of aromatic nitrogens is 1. The minimum absolute atomic E-state index is 0.109. The Bertz CT molecular complexity index is 526. The first-order chi connectivity index (χ1) is 9.00. The fourth-order valence-corrected chi connectivity index (χ4v) is 2.08. The van der Waals surface area contributed by atoms with Gasteiger partial charge in [0.15, 0.2) is 0 Å². The van der Waals surface area contributed by atoms with Crippen molar-refractivity contribution in [2.24, 2.45) is 5.73 Å². The number of carboxylic acids is 1. The number of pyridine rings is 1. The molecule has 0 spiro atoms. The van der Waals surface area contributed by atoms with E-state index < -0.39 is 23.8 Å². The summed E-state index contributed by atoms with van der Waals surface area (Å²) in [4.78, 5) is 39.2. The third-order valence-electron chi connectivity index (χ3n) is 3.07. The molecule has 0 aromatic carbocycles. The third-order valence-corrected chi connectivity index (χ3v) is 3.07. The van der Waals surface area contributed by atoms with Crippen LogP contribution in [-0.2, 0) is 4.79 Å². The molecule has 1 aliphatic heterocycles. The summed E-state index contributed by atoms with van der Waals surface area (Å²) in [5.74, 6) is -2.09. The molecule has 1 aliphatic rings. The summed E-state index contributed by atoms with van der Waals surface area (Å²) < 4.78 is 0. The largest absolute Gasteiger partial charge is 0.480 e. The molecule has 1 fully saturated rings. The second-order valence-corrected chi connectivity index (χ2v) is 4.29. The van der Waals surface area contributed by atoms with Gasteiger partial charge in [-0.15, -0.1) is 0 Å². The van der Waals surface area contributed by atoms with E-state index in [1.54, 1.807) is 0 Å². The van der Waals surface area contributed by atoms with Crippen molar-refractivity contribution < 1.29 is 19.5 Å². The fraction of sp³-hybridized carbons (Fsp3) is 0.333. The van der Waals surface area contributed by atoms with Gasteiger partial charge in [0, 0.05) is 12.7 Å². The van der Waals surface area contributed by atoms with Gasteiger partial charge in [-0.1, -0.05) is 0 Å². The van der Waals surface area contributed by atoms with E-state index in [1.807, 2.05) is 0 Å². The molecule has 1 aromatic rings. The maximum Gasteiger partial charge on any atom is 0.326 e. The molecule has 19 heavy (non-hydrogen) atoms. The minimum atomic E-state index is -1.01. The summed E-state index contributed by atoms with van der Waals surface area (Å²) in [6.45, 7) is 0.398. The highest BCUT2D eigenvalue weighted by Gasteiger charge is 2.34. The molecule has 0 saturated carbocycles. The molecule has 1 saturated heterocycles. The number of carbonyl (C=O) groups is 3. The van der Waals surface area contributed by atoms with E-state index in [-0.39, 0.29) is 11.3 Å². The van der Waals surface area contributed by atoms with Crippen LogP contribution >= 0.6 is 0 Å². The van der Waals surface area contributed by atoms with E-state index in [1.165, 1.54) is 23.2 Å². The number of primary amides is 1. The number of carboxylic acid groups (broad SMARTS) is 1. The van der Waals surface area contributed by atoms with Gasteiger partial charge < -0.3 is 15.7 Å². The maximum atomic E-state index is 12.1. The van der Waals surface area contributed by atoms with E-state index in [0.29, 0.717) is 19.4 Å². The average molecular weight is 263 g/mol. The molecule has 100 valence electrons. The van der Waals surface area contributed by atoms with Crippen LogP contribution in [0.4, 0.5) is 0 Å². The lowest BCUT2D eigenvalue weighted by molar-refractivity contribution is -0.141. The van der Waals surface area contributed by atoms with Gasteiger partial charge in [0.2, 0.25) is 5.91 Å². The zero-order chi connectivity index (χ0) is 14.0. The minimum Gasteiger partial charge on any atom is -0.480 e. The second kappa shape index (κ2) is 5.05. The van der Waals surface area contributed by atoms with E-state index in [0.717, 1.165) is 0 Å². The first kappa shape index (κ1) is 13.0. The summed E-state index contributed by atoms with van der Waals surface area (Å²) in [6.07, 6.45) is 2.31. The number of nitrogens with zero attached hydrogens (tertiary/aromatic N) is 2. The van der Waals surface area contributed by atoms with Crippen LogP contribution in [0, 0.1) is 0 Å². The Morgan fingerprint density at radius 1 is 1.37 bits per heavy atom. The Kier molecular flexibility index (Phi) is 3.46. The smallest absolute Gasteiger partial charge is 0.326 e. The zero-order valence-electron chi connectivity index (χ0n) is 10.1. The van der Waals surface area contributed by atoms with Crippen molar-refractivity contribution in [3.63, 3.8) is 0 Å². The Morgan fingerprint density at radius 3 is 2.63 bits per heavy atom. The van der Waals surface area contributed by atoms with E-state index in [4.69, 9.17) is 10.8 Å². The Hall–Kier alpha value is -2.44. The standard InChI is InChI=1S/C12H13N3O4/c13-10(16)7-3-4-8(14-6-7)11(17)15-5-1-2-9(15)12(18)19/h3-4,6,9H,1-2,5H2,(H2,13,16)(H,18,19)/t9-/m0/s1. The summed E-state index contributed by atoms with van der Waals surface area (Å²) in [5.41, 5.74) is 5.38. The Labute approximate surface area is 109 Å². The lowest BCUT2D eigenvalue weighted by Gasteiger charge is -2.20. The summed E-state index contributed by atoms with van der Waals surface area (Å²) in [6, 6.07) is 1.97. The predicted molar refractivity (Wildman–Crippen MR) is 64.4 cm³/mol. The Balaban J connectivity index is 2.19. The van der Waals surface area contributed by atoms with Crippen LogP contribution in [0.2, 0.25) is 0 Å². The molecule has 2 heterocycles. The topological polar surface area (TPSA) is 114 Å². The predicted octanol–water partition coefficient (Wildman–Crippen LogP) is -0.130. The molecular weight excluding hydrogens is 250 g/mol. The molecular formula is C12H13N3O4. The maximum absolute atomic E-state index is 12.1. The van der Waals surface area contributed by atoms with Gasteiger partial charge in [-0.3, -0.25) is 14.6 Å². The Morgan fingerprint density at radius 2 is 2.11 bits per heavy atom. The van der Waals surface area contributed by atoms with Crippen molar-refractivity contribution in [2.75, 3.05) is 6.54 Å². The zero-order valence-corrected chi connectivity index (χ0v) is 10.1. The van der Waals surface area contributed by atoms with Crippen LogP contribution in [0.1, 0.15) is 33.7 Å². The number of hydrogen-bond acceptors (Lipinski definition) is 4. The number of aliphatic carboxylic acids is 1. The number of amides is 2. The highest BCUT2D eigenvalue weighted by Crippen LogP contribution is 2.19. The highest BCUT2D eigenvalue weighted by atomic mass is 16.4. The summed E-state index contributed by atoms with van der Waals surface area (Å²) in [5, 5.41) is 9.02. The second-order valence-electron chi connectivity index (χ2n) is 4.29. The molecule has 0 radical (unpaired) electrons. The molecule has 3 N–H and O–H groups in total. The first-order valence-corrected chi connectivity index (χ1v) is 5.80. The molecule has 2 amide bonds. The van der Waals surface area contributed by atoms with Gasteiger partial charge in [0.05, 0.1) is 5.56 Å². The quantitative estimate of drug-likeness (QED) is 0.788. The lowest BCUT2D eigenvalue weighted by atomic mass is 10.2. The van der Waals surface area contributed by atoms with Gasteiger partial charge in [-0.05, 0) is 25.0 Å². The number of nitrogens with two attached hydrogens (primary N) is 1. The first-order valence-electron chi connectivity index (χ1n) is 5.80. The summed E-state index contributed by atoms with van der Waals surface area (Å²) >= 11 is 0. The van der Waals surface area contributed by atoms with Crippen molar-refractivity contribution >= 4 is 17.8 Å². The van der Waals surface area contributed by atoms with Crippen LogP contribution < -0.4 is 5.73 Å². The van der Waals surface area contributed by atoms with Gasteiger partial charge in [-0.2, -0.15) is 0 Å². The van der Waals surface area contributed by atoms with Gasteiger partial charge in [0.1, 0.15) is 11.7 Å². The third kappa shape index (κ3) is 2.54. The van der Waals surface area contributed by atoms with Gasteiger partial charge in [-0.25, -0.2) is 4.79 Å². The highest BCUT2D eigenvalue weighted by molar-refractivity contribution is 5.97.